The van der Waals surface area contributed by atoms with Crippen LogP contribution in [0.15, 0.2) is 0 Å². The van der Waals surface area contributed by atoms with Crippen LogP contribution in [0.1, 0.15) is 20.8 Å². The molecular weight excluding hydrogens is 281 g/mol. The number of aliphatic hydroxyl groups is 1. The van der Waals surface area contributed by atoms with Gasteiger partial charge < -0.3 is 20.0 Å². The Labute approximate surface area is 114 Å². The summed E-state index contributed by atoms with van der Waals surface area (Å²) < 4.78 is 37.2. The number of hydrogen-bond donors (Lipinski definition) is 2. The molecule has 0 rings (SSSR count). The summed E-state index contributed by atoms with van der Waals surface area (Å²) in [5, 5.41) is 17.8. The van der Waals surface area contributed by atoms with E-state index in [1.165, 1.54) is 20.8 Å². The van der Waals surface area contributed by atoms with Crippen molar-refractivity contribution in [3.05, 3.63) is 0 Å². The fourth-order valence-corrected chi connectivity index (χ4v) is 1.64. The summed E-state index contributed by atoms with van der Waals surface area (Å²) in [4.78, 5) is 24.4. The summed E-state index contributed by atoms with van der Waals surface area (Å²) in [5.41, 5.74) is -1.65. The van der Waals surface area contributed by atoms with Gasteiger partial charge in [-0.15, -0.1) is 0 Å². The maximum Gasteiger partial charge on any atom is 0.406 e. The molecular formula is C11H19F3N2O4. The van der Waals surface area contributed by atoms with Gasteiger partial charge in [-0.05, 0) is 20.8 Å². The number of aliphatic hydroxyl groups excluding tert-OH is 1. The molecule has 20 heavy (non-hydrogen) atoms. The summed E-state index contributed by atoms with van der Waals surface area (Å²) in [5.74, 6) is -1.33. The van der Waals surface area contributed by atoms with Gasteiger partial charge in [-0.25, -0.2) is 9.59 Å². The highest BCUT2D eigenvalue weighted by atomic mass is 19.4. The van der Waals surface area contributed by atoms with Crippen LogP contribution in [0.25, 0.3) is 0 Å². The Bertz CT molecular complexity index is 358. The minimum atomic E-state index is -4.63. The quantitative estimate of drug-likeness (QED) is 0.771. The number of halogens is 3. The highest BCUT2D eigenvalue weighted by molar-refractivity contribution is 5.85. The normalized spacial score (nSPS) is 12.2. The maximum absolute atomic E-state index is 12.4. The first-order valence-electron chi connectivity index (χ1n) is 5.95. The van der Waals surface area contributed by atoms with Crippen LogP contribution in [-0.4, -0.2) is 70.0 Å². The Morgan fingerprint density at radius 1 is 1.20 bits per heavy atom. The van der Waals surface area contributed by atoms with E-state index in [0.29, 0.717) is 4.90 Å². The summed E-state index contributed by atoms with van der Waals surface area (Å²) in [6.45, 7) is 1.13. The number of nitrogens with zero attached hydrogens (tertiary/aromatic N) is 2. The smallest absolute Gasteiger partial charge is 0.406 e. The summed E-state index contributed by atoms with van der Waals surface area (Å²) in [6, 6.07) is -1.08. The van der Waals surface area contributed by atoms with Crippen LogP contribution in [0.2, 0.25) is 0 Å². The van der Waals surface area contributed by atoms with Crippen molar-refractivity contribution in [2.75, 3.05) is 26.2 Å². The fourth-order valence-electron chi connectivity index (χ4n) is 1.64. The molecule has 0 radical (unpaired) electrons. The summed E-state index contributed by atoms with van der Waals surface area (Å²) in [6.07, 6.45) is -4.63. The molecule has 0 aromatic carbocycles. The first-order chi connectivity index (χ1) is 8.97. The molecule has 0 fully saturated rings. The van der Waals surface area contributed by atoms with Gasteiger partial charge in [-0.2, -0.15) is 13.2 Å². The van der Waals surface area contributed by atoms with Crippen LogP contribution in [-0.2, 0) is 4.79 Å². The highest BCUT2D eigenvalue weighted by Gasteiger charge is 2.41. The molecule has 0 bridgehead atoms. The molecule has 6 nitrogen and oxygen atoms in total. The van der Waals surface area contributed by atoms with Gasteiger partial charge in [-0.3, -0.25) is 0 Å². The van der Waals surface area contributed by atoms with E-state index in [1.807, 2.05) is 0 Å². The molecule has 0 spiro atoms. The Morgan fingerprint density at radius 2 is 1.70 bits per heavy atom. The predicted octanol–water partition coefficient (Wildman–Crippen LogP) is 1.15. The molecule has 0 aliphatic carbocycles. The second kappa shape index (κ2) is 6.78. The lowest BCUT2D eigenvalue weighted by Crippen LogP contribution is -2.58. The van der Waals surface area contributed by atoms with E-state index in [2.05, 4.69) is 0 Å². The van der Waals surface area contributed by atoms with Gasteiger partial charge in [0, 0.05) is 13.1 Å². The second-order valence-electron chi connectivity index (χ2n) is 4.65. The van der Waals surface area contributed by atoms with Crippen molar-refractivity contribution in [2.24, 2.45) is 0 Å². The number of carbonyl (C=O) groups is 2. The number of rotatable bonds is 6. The van der Waals surface area contributed by atoms with Crippen molar-refractivity contribution in [2.45, 2.75) is 32.5 Å². The van der Waals surface area contributed by atoms with Gasteiger partial charge in [-0.1, -0.05) is 0 Å². The molecule has 0 unspecified atom stereocenters. The van der Waals surface area contributed by atoms with Gasteiger partial charge >= 0.3 is 18.2 Å². The van der Waals surface area contributed by atoms with Crippen LogP contribution in [0.4, 0.5) is 18.0 Å². The zero-order chi connectivity index (χ0) is 16.1. The van der Waals surface area contributed by atoms with Crippen molar-refractivity contribution < 1.29 is 33.0 Å². The van der Waals surface area contributed by atoms with Crippen molar-refractivity contribution in [3.63, 3.8) is 0 Å². The molecule has 0 atom stereocenters. The van der Waals surface area contributed by atoms with Crippen LogP contribution >= 0.6 is 0 Å². The fraction of sp³-hybridized carbons (Fsp3) is 0.818. The molecule has 2 N–H and O–H groups in total. The molecule has 118 valence electrons. The molecule has 0 aliphatic heterocycles. The van der Waals surface area contributed by atoms with Crippen LogP contribution in [0, 0.1) is 0 Å². The van der Waals surface area contributed by atoms with E-state index in [-0.39, 0.29) is 6.54 Å². The topological polar surface area (TPSA) is 81.1 Å². The molecule has 0 heterocycles. The first-order valence-corrected chi connectivity index (χ1v) is 5.95. The van der Waals surface area contributed by atoms with E-state index in [1.54, 1.807) is 0 Å². The number of carboxylic acid groups (broad SMARTS) is 1. The average Bonchev–Trinajstić information content (AvgIpc) is 2.26. The standard InChI is InChI=1S/C11H19F3N2O4/c1-4-16(10(2,3)8(18)19)9(20)15(5-6-17)7-11(12,13)14/h17H,4-7H2,1-3H3,(H,18,19). The maximum atomic E-state index is 12.4. The molecule has 9 heteroatoms. The van der Waals surface area contributed by atoms with E-state index >= 15 is 0 Å². The third kappa shape index (κ3) is 4.87. The summed E-state index contributed by atoms with van der Waals surface area (Å²) in [7, 11) is 0. The Balaban J connectivity index is 5.25. The van der Waals surface area contributed by atoms with Crippen molar-refractivity contribution >= 4 is 12.0 Å². The second-order valence-corrected chi connectivity index (χ2v) is 4.65. The van der Waals surface area contributed by atoms with Gasteiger partial charge in [0.15, 0.2) is 0 Å². The zero-order valence-electron chi connectivity index (χ0n) is 11.6. The van der Waals surface area contributed by atoms with Gasteiger partial charge in [0.25, 0.3) is 0 Å². The zero-order valence-corrected chi connectivity index (χ0v) is 11.6. The first kappa shape index (κ1) is 18.5. The number of carboxylic acids is 1. The number of alkyl halides is 3. The third-order valence-corrected chi connectivity index (χ3v) is 2.76. The number of amides is 2. The summed E-state index contributed by atoms with van der Waals surface area (Å²) >= 11 is 0. The Kier molecular flexibility index (Phi) is 6.27. The number of carbonyl (C=O) groups excluding carboxylic acids is 1. The van der Waals surface area contributed by atoms with E-state index in [0.717, 1.165) is 4.90 Å². The van der Waals surface area contributed by atoms with Crippen molar-refractivity contribution in [3.8, 4) is 0 Å². The number of aliphatic carboxylic acids is 1. The lowest BCUT2D eigenvalue weighted by Gasteiger charge is -2.38. The lowest BCUT2D eigenvalue weighted by atomic mass is 10.0. The van der Waals surface area contributed by atoms with Crippen LogP contribution in [0.5, 0.6) is 0 Å². The largest absolute Gasteiger partial charge is 0.480 e. The molecule has 0 saturated heterocycles. The lowest BCUT2D eigenvalue weighted by molar-refractivity contribution is -0.150. The Morgan fingerprint density at radius 3 is 2.00 bits per heavy atom. The van der Waals surface area contributed by atoms with Crippen LogP contribution < -0.4 is 0 Å². The minimum absolute atomic E-state index is 0.0715. The van der Waals surface area contributed by atoms with Gasteiger partial charge in [0.2, 0.25) is 0 Å². The van der Waals surface area contributed by atoms with E-state index in [4.69, 9.17) is 10.2 Å². The molecule has 0 saturated carbocycles. The Hall–Kier alpha value is -1.51. The minimum Gasteiger partial charge on any atom is -0.480 e. The average molecular weight is 300 g/mol. The highest BCUT2D eigenvalue weighted by Crippen LogP contribution is 2.21. The van der Waals surface area contributed by atoms with Crippen LogP contribution in [0.3, 0.4) is 0 Å². The third-order valence-electron chi connectivity index (χ3n) is 2.76. The van der Waals surface area contributed by atoms with E-state index in [9.17, 15) is 22.8 Å². The molecule has 2 amide bonds. The monoisotopic (exact) mass is 300 g/mol. The van der Waals surface area contributed by atoms with Gasteiger partial charge in [0.1, 0.15) is 12.1 Å². The number of likely N-dealkylation sites (N-methyl/N-ethyl adjacent to an activating group) is 1. The number of hydrogen-bond acceptors (Lipinski definition) is 3. The van der Waals surface area contributed by atoms with Gasteiger partial charge in [0.05, 0.1) is 6.61 Å². The molecule has 0 aliphatic rings. The molecule has 0 aromatic rings. The van der Waals surface area contributed by atoms with Crippen molar-refractivity contribution in [1.29, 1.82) is 0 Å². The molecule has 0 aromatic heterocycles. The van der Waals surface area contributed by atoms with Crippen molar-refractivity contribution in [1.82, 2.24) is 9.80 Å². The predicted molar refractivity (Wildman–Crippen MR) is 64.2 cm³/mol. The van der Waals surface area contributed by atoms with E-state index < -0.39 is 43.4 Å². The SMILES string of the molecule is CCN(C(=O)N(CCO)CC(F)(F)F)C(C)(C)C(=O)O. The number of urea groups is 1.